The van der Waals surface area contributed by atoms with Gasteiger partial charge in [0.05, 0.1) is 6.04 Å². The Morgan fingerprint density at radius 3 is 2.84 bits per heavy atom. The number of Topliss-reactive ketones (excluding diaryl/α,β-unsaturated/α-hetero) is 1. The second-order valence-corrected chi connectivity index (χ2v) is 5.84. The summed E-state index contributed by atoms with van der Waals surface area (Å²) in [4.78, 5) is 18.2. The predicted molar refractivity (Wildman–Crippen MR) is 95.2 cm³/mol. The second kappa shape index (κ2) is 8.94. The molecule has 0 saturated carbocycles. The van der Waals surface area contributed by atoms with Gasteiger partial charge in [-0.25, -0.2) is 0 Å². The van der Waals surface area contributed by atoms with Gasteiger partial charge in [0.1, 0.15) is 5.75 Å². The zero-order valence-electron chi connectivity index (χ0n) is 14.4. The Bertz CT molecular complexity index is 689. The highest BCUT2D eigenvalue weighted by Crippen LogP contribution is 2.19. The van der Waals surface area contributed by atoms with Crippen LogP contribution in [0.2, 0.25) is 0 Å². The monoisotopic (exact) mass is 366 g/mol. The summed E-state index contributed by atoms with van der Waals surface area (Å²) in [6.07, 6.45) is 0.495. The van der Waals surface area contributed by atoms with Crippen LogP contribution in [0, 0.1) is 0 Å². The molecule has 25 heavy (non-hydrogen) atoms. The summed E-state index contributed by atoms with van der Waals surface area (Å²) in [6, 6.07) is 7.21. The smallest absolute Gasteiger partial charge is 0.264 e. The van der Waals surface area contributed by atoms with Crippen LogP contribution in [0.15, 0.2) is 28.8 Å². The van der Waals surface area contributed by atoms with Gasteiger partial charge < -0.3 is 14.6 Å². The maximum Gasteiger partial charge on any atom is 0.264 e. The SMILES string of the molecule is CCC(=O)c1ccc(OCc2nc(C3CNCCN3C)no2)cc1.Cl. The first kappa shape index (κ1) is 19.4. The first-order valence-electron chi connectivity index (χ1n) is 8.17. The molecule has 2 aromatic rings. The number of likely N-dealkylation sites (N-methyl/N-ethyl adjacent to an activating group) is 1. The number of nitrogens with one attached hydrogen (secondary N) is 1. The average Bonchev–Trinajstić information content (AvgIpc) is 3.09. The number of piperazine rings is 1. The van der Waals surface area contributed by atoms with Crippen LogP contribution in [0.3, 0.4) is 0 Å². The van der Waals surface area contributed by atoms with Gasteiger partial charge in [-0.1, -0.05) is 12.1 Å². The van der Waals surface area contributed by atoms with Gasteiger partial charge in [-0.3, -0.25) is 9.69 Å². The third-order valence-corrected chi connectivity index (χ3v) is 4.15. The van der Waals surface area contributed by atoms with Crippen LogP contribution in [0.4, 0.5) is 0 Å². The van der Waals surface area contributed by atoms with Gasteiger partial charge in [0, 0.05) is 31.6 Å². The molecule has 136 valence electrons. The van der Waals surface area contributed by atoms with Crippen LogP contribution < -0.4 is 10.1 Å². The Balaban J connectivity index is 0.00000225. The number of aromatic nitrogens is 2. The molecule has 0 aliphatic carbocycles. The number of ketones is 1. The molecule has 1 atom stereocenters. The number of hydrogen-bond acceptors (Lipinski definition) is 7. The molecular formula is C17H23ClN4O3. The Hall–Kier alpha value is -1.96. The minimum Gasteiger partial charge on any atom is -0.484 e. The highest BCUT2D eigenvalue weighted by atomic mass is 35.5. The molecule has 0 amide bonds. The molecule has 1 N–H and O–H groups in total. The van der Waals surface area contributed by atoms with Crippen LogP contribution in [0.5, 0.6) is 5.75 Å². The van der Waals surface area contributed by atoms with Gasteiger partial charge >= 0.3 is 0 Å². The summed E-state index contributed by atoms with van der Waals surface area (Å²) in [5, 5.41) is 7.39. The molecule has 1 aromatic heterocycles. The molecule has 1 fully saturated rings. The van der Waals surface area contributed by atoms with Crippen molar-refractivity contribution >= 4 is 18.2 Å². The maximum absolute atomic E-state index is 11.6. The number of benzene rings is 1. The van der Waals surface area contributed by atoms with Crippen molar-refractivity contribution < 1.29 is 14.1 Å². The summed E-state index contributed by atoms with van der Waals surface area (Å²) >= 11 is 0. The van der Waals surface area contributed by atoms with Gasteiger partial charge in [-0.2, -0.15) is 4.98 Å². The minimum atomic E-state index is 0. The summed E-state index contributed by atoms with van der Waals surface area (Å²) < 4.78 is 10.9. The first-order valence-corrected chi connectivity index (χ1v) is 8.17. The summed E-state index contributed by atoms with van der Waals surface area (Å²) in [7, 11) is 2.05. The van der Waals surface area contributed by atoms with E-state index in [0.717, 1.165) is 19.6 Å². The van der Waals surface area contributed by atoms with Crippen molar-refractivity contribution in [2.75, 3.05) is 26.7 Å². The fraction of sp³-hybridized carbons (Fsp3) is 0.471. The number of carbonyl (C=O) groups excluding carboxylic acids is 1. The lowest BCUT2D eigenvalue weighted by Gasteiger charge is -2.30. The van der Waals surface area contributed by atoms with Crippen molar-refractivity contribution in [1.29, 1.82) is 0 Å². The third kappa shape index (κ3) is 4.78. The van der Waals surface area contributed by atoms with Crippen LogP contribution in [0.25, 0.3) is 0 Å². The lowest BCUT2D eigenvalue weighted by Crippen LogP contribution is -2.44. The largest absolute Gasteiger partial charge is 0.484 e. The van der Waals surface area contributed by atoms with Crippen molar-refractivity contribution in [2.24, 2.45) is 0 Å². The highest BCUT2D eigenvalue weighted by molar-refractivity contribution is 5.95. The van der Waals surface area contributed by atoms with Crippen LogP contribution in [-0.4, -0.2) is 47.5 Å². The minimum absolute atomic E-state index is 0. The number of ether oxygens (including phenoxy) is 1. The van der Waals surface area contributed by atoms with Crippen LogP contribution >= 0.6 is 12.4 Å². The quantitative estimate of drug-likeness (QED) is 0.785. The Morgan fingerprint density at radius 1 is 1.40 bits per heavy atom. The fourth-order valence-electron chi connectivity index (χ4n) is 2.64. The molecule has 7 nitrogen and oxygen atoms in total. The van der Waals surface area contributed by atoms with Crippen LogP contribution in [0.1, 0.15) is 41.5 Å². The van der Waals surface area contributed by atoms with E-state index in [1.165, 1.54) is 0 Å². The van der Waals surface area contributed by atoms with Crippen LogP contribution in [-0.2, 0) is 6.61 Å². The predicted octanol–water partition coefficient (Wildman–Crippen LogP) is 2.24. The number of rotatable bonds is 6. The van der Waals surface area contributed by atoms with Gasteiger partial charge in [0.2, 0.25) is 0 Å². The lowest BCUT2D eigenvalue weighted by atomic mass is 10.1. The van der Waals surface area contributed by atoms with Gasteiger partial charge in [-0.05, 0) is 31.3 Å². The molecule has 3 rings (SSSR count). The van der Waals surface area contributed by atoms with Crippen molar-refractivity contribution in [2.45, 2.75) is 26.0 Å². The van der Waals surface area contributed by atoms with Crippen molar-refractivity contribution in [3.05, 3.63) is 41.5 Å². The van der Waals surface area contributed by atoms with E-state index in [0.29, 0.717) is 29.4 Å². The zero-order chi connectivity index (χ0) is 16.9. The number of carbonyl (C=O) groups is 1. The number of hydrogen-bond donors (Lipinski definition) is 1. The van der Waals surface area contributed by atoms with E-state index < -0.39 is 0 Å². The molecule has 0 spiro atoms. The molecule has 2 heterocycles. The molecule has 1 aliphatic rings. The second-order valence-electron chi connectivity index (χ2n) is 5.84. The fourth-order valence-corrected chi connectivity index (χ4v) is 2.64. The van der Waals surface area contributed by atoms with E-state index in [1.807, 2.05) is 6.92 Å². The van der Waals surface area contributed by atoms with E-state index in [2.05, 4.69) is 27.4 Å². The van der Waals surface area contributed by atoms with Gasteiger partial charge in [0.25, 0.3) is 5.89 Å². The van der Waals surface area contributed by atoms with E-state index in [-0.39, 0.29) is 30.8 Å². The summed E-state index contributed by atoms with van der Waals surface area (Å²) in [6.45, 7) is 4.78. The Labute approximate surface area is 153 Å². The van der Waals surface area contributed by atoms with E-state index in [4.69, 9.17) is 9.26 Å². The summed E-state index contributed by atoms with van der Waals surface area (Å²) in [5.41, 5.74) is 0.692. The number of nitrogens with zero attached hydrogens (tertiary/aromatic N) is 3. The topological polar surface area (TPSA) is 80.5 Å². The Kier molecular flexibility index (Phi) is 6.92. The van der Waals surface area contributed by atoms with Crippen molar-refractivity contribution in [3.8, 4) is 5.75 Å². The third-order valence-electron chi connectivity index (χ3n) is 4.15. The molecular weight excluding hydrogens is 344 g/mol. The Morgan fingerprint density at radius 2 is 2.16 bits per heavy atom. The highest BCUT2D eigenvalue weighted by Gasteiger charge is 2.25. The molecule has 1 aliphatic heterocycles. The molecule has 1 saturated heterocycles. The van der Waals surface area contributed by atoms with Gasteiger partial charge in [-0.15, -0.1) is 12.4 Å². The van der Waals surface area contributed by atoms with Crippen molar-refractivity contribution in [3.63, 3.8) is 0 Å². The number of halogens is 1. The van der Waals surface area contributed by atoms with Gasteiger partial charge in [0.15, 0.2) is 18.2 Å². The molecule has 0 radical (unpaired) electrons. The van der Waals surface area contributed by atoms with E-state index >= 15 is 0 Å². The normalized spacial score (nSPS) is 17.8. The lowest BCUT2D eigenvalue weighted by molar-refractivity contribution is 0.0988. The standard InChI is InChI=1S/C17H22N4O3.ClH/c1-3-15(22)12-4-6-13(7-5-12)23-11-16-19-17(20-24-16)14-10-18-8-9-21(14)2;/h4-7,14,18H,3,8-11H2,1-2H3;1H. The van der Waals surface area contributed by atoms with E-state index in [1.54, 1.807) is 24.3 Å². The average molecular weight is 367 g/mol. The molecule has 0 bridgehead atoms. The molecule has 1 aromatic carbocycles. The molecule has 8 heteroatoms. The van der Waals surface area contributed by atoms with Crippen molar-refractivity contribution in [1.82, 2.24) is 20.4 Å². The maximum atomic E-state index is 11.6. The first-order chi connectivity index (χ1) is 11.7. The zero-order valence-corrected chi connectivity index (χ0v) is 15.2. The van der Waals surface area contributed by atoms with E-state index in [9.17, 15) is 4.79 Å². The molecule has 1 unspecified atom stereocenters. The summed E-state index contributed by atoms with van der Waals surface area (Å²) in [5.74, 6) is 1.90.